The Kier molecular flexibility index (Phi) is 3.82. The van der Waals surface area contributed by atoms with E-state index in [0.29, 0.717) is 12.5 Å². The van der Waals surface area contributed by atoms with Crippen LogP contribution in [-0.4, -0.2) is 38.9 Å². The van der Waals surface area contributed by atoms with Gasteiger partial charge in [-0.1, -0.05) is 6.07 Å². The Hall–Kier alpha value is -2.96. The molecular formula is C17H18N6O. The second kappa shape index (κ2) is 6.27. The average molecular weight is 322 g/mol. The van der Waals surface area contributed by atoms with Crippen molar-refractivity contribution in [1.82, 2.24) is 19.9 Å². The molecule has 0 radical (unpaired) electrons. The van der Waals surface area contributed by atoms with Crippen LogP contribution in [0.2, 0.25) is 0 Å². The normalized spacial score (nSPS) is 17.8. The fourth-order valence-corrected chi connectivity index (χ4v) is 3.13. The van der Waals surface area contributed by atoms with Crippen molar-refractivity contribution in [2.45, 2.75) is 12.8 Å². The van der Waals surface area contributed by atoms with Crippen molar-refractivity contribution in [2.75, 3.05) is 23.3 Å². The number of hydrogen-bond acceptors (Lipinski definition) is 5. The lowest BCUT2D eigenvalue weighted by molar-refractivity contribution is -0.120. The van der Waals surface area contributed by atoms with Crippen LogP contribution < -0.4 is 10.2 Å². The van der Waals surface area contributed by atoms with Gasteiger partial charge in [0, 0.05) is 25.5 Å². The molecule has 122 valence electrons. The molecule has 1 fully saturated rings. The van der Waals surface area contributed by atoms with Crippen LogP contribution in [0.4, 0.5) is 11.6 Å². The summed E-state index contributed by atoms with van der Waals surface area (Å²) in [6, 6.07) is 7.51. The summed E-state index contributed by atoms with van der Waals surface area (Å²) in [5, 5.41) is 3.02. The van der Waals surface area contributed by atoms with E-state index in [0.717, 1.165) is 36.1 Å². The highest BCUT2D eigenvalue weighted by atomic mass is 16.1. The molecule has 4 rings (SSSR count). The highest BCUT2D eigenvalue weighted by molar-refractivity contribution is 6.00. The number of carbonyl (C=O) groups excluding carboxylic acids is 1. The molecule has 1 atom stereocenters. The molecule has 3 heterocycles. The van der Waals surface area contributed by atoms with Gasteiger partial charge in [-0.15, -0.1) is 0 Å². The van der Waals surface area contributed by atoms with Gasteiger partial charge >= 0.3 is 0 Å². The zero-order chi connectivity index (χ0) is 16.4. The van der Waals surface area contributed by atoms with Gasteiger partial charge in [-0.2, -0.15) is 0 Å². The summed E-state index contributed by atoms with van der Waals surface area (Å²) in [6.45, 7) is 1.51. The van der Waals surface area contributed by atoms with E-state index in [4.69, 9.17) is 0 Å². The largest absolute Gasteiger partial charge is 0.345 e. The minimum Gasteiger partial charge on any atom is -0.345 e. The minimum absolute atomic E-state index is 0.0196. The van der Waals surface area contributed by atoms with Gasteiger partial charge in [-0.05, 0) is 31.0 Å². The van der Waals surface area contributed by atoms with Gasteiger partial charge in [0.1, 0.15) is 5.52 Å². The zero-order valence-electron chi connectivity index (χ0n) is 13.1. The lowest BCUT2D eigenvalue weighted by Gasteiger charge is -2.31. The number of hydrogen-bond donors (Lipinski definition) is 2. The zero-order valence-corrected chi connectivity index (χ0v) is 13.1. The van der Waals surface area contributed by atoms with Crippen molar-refractivity contribution in [3.05, 3.63) is 43.0 Å². The number of aromatic nitrogens is 4. The molecule has 3 aromatic rings. The van der Waals surface area contributed by atoms with Gasteiger partial charge in [0.25, 0.3) is 0 Å². The van der Waals surface area contributed by atoms with Gasteiger partial charge in [-0.3, -0.25) is 4.79 Å². The van der Waals surface area contributed by atoms with Gasteiger partial charge in [-0.25, -0.2) is 15.0 Å². The SMILES string of the molecule is O=C(Nc1cccc2[nH]cnc12)[C@@H]1CCCN(c2ncccn2)C1. The van der Waals surface area contributed by atoms with Crippen LogP contribution in [0, 0.1) is 5.92 Å². The molecule has 1 saturated heterocycles. The molecule has 0 spiro atoms. The summed E-state index contributed by atoms with van der Waals surface area (Å²) in [4.78, 5) is 30.7. The van der Waals surface area contributed by atoms with Crippen LogP contribution in [0.5, 0.6) is 0 Å². The van der Waals surface area contributed by atoms with Gasteiger partial charge in [0.05, 0.1) is 23.4 Å². The van der Waals surface area contributed by atoms with Gasteiger partial charge < -0.3 is 15.2 Å². The number of amides is 1. The molecular weight excluding hydrogens is 304 g/mol. The van der Waals surface area contributed by atoms with Gasteiger partial charge in [0.15, 0.2) is 0 Å². The molecule has 1 aliphatic heterocycles. The number of carbonyl (C=O) groups is 1. The van der Waals surface area contributed by atoms with Crippen molar-refractivity contribution >= 4 is 28.6 Å². The van der Waals surface area contributed by atoms with E-state index in [1.54, 1.807) is 24.8 Å². The number of piperidine rings is 1. The third-order valence-electron chi connectivity index (χ3n) is 4.33. The number of rotatable bonds is 3. The first-order valence-corrected chi connectivity index (χ1v) is 8.06. The van der Waals surface area contributed by atoms with E-state index >= 15 is 0 Å². The number of aromatic amines is 1. The predicted molar refractivity (Wildman–Crippen MR) is 91.7 cm³/mol. The topological polar surface area (TPSA) is 86.8 Å². The molecule has 0 bridgehead atoms. The average Bonchev–Trinajstić information content (AvgIpc) is 3.12. The van der Waals surface area contributed by atoms with E-state index < -0.39 is 0 Å². The van der Waals surface area contributed by atoms with Crippen molar-refractivity contribution in [3.8, 4) is 0 Å². The maximum absolute atomic E-state index is 12.7. The standard InChI is InChI=1S/C17H18N6O/c24-16(22-14-6-1-5-13-15(14)21-11-20-13)12-4-2-9-23(10-12)17-18-7-3-8-19-17/h1,3,5-8,11-12H,2,4,9-10H2,(H,20,21)(H,22,24)/t12-/m1/s1. The number of benzene rings is 1. The number of para-hydroxylation sites is 1. The van der Waals surface area contributed by atoms with Crippen LogP contribution in [-0.2, 0) is 4.79 Å². The summed E-state index contributed by atoms with van der Waals surface area (Å²) in [6.07, 6.45) is 6.90. The molecule has 2 N–H and O–H groups in total. The van der Waals surface area contributed by atoms with Crippen LogP contribution in [0.1, 0.15) is 12.8 Å². The van der Waals surface area contributed by atoms with E-state index in [1.165, 1.54) is 0 Å². The number of nitrogens with one attached hydrogen (secondary N) is 2. The van der Waals surface area contributed by atoms with E-state index in [2.05, 4.69) is 30.2 Å². The summed E-state index contributed by atoms with van der Waals surface area (Å²) in [5.74, 6) is 0.618. The number of fused-ring (bicyclic) bond motifs is 1. The summed E-state index contributed by atoms with van der Waals surface area (Å²) < 4.78 is 0. The number of anilines is 2. The Labute approximate surface area is 139 Å². The highest BCUT2D eigenvalue weighted by Gasteiger charge is 2.27. The highest BCUT2D eigenvalue weighted by Crippen LogP contribution is 2.24. The summed E-state index contributed by atoms with van der Waals surface area (Å²) in [7, 11) is 0. The molecule has 0 unspecified atom stereocenters. The molecule has 24 heavy (non-hydrogen) atoms. The van der Waals surface area contributed by atoms with Crippen LogP contribution >= 0.6 is 0 Å². The monoisotopic (exact) mass is 322 g/mol. The summed E-state index contributed by atoms with van der Waals surface area (Å²) in [5.41, 5.74) is 2.44. The molecule has 2 aromatic heterocycles. The second-order valence-electron chi connectivity index (χ2n) is 5.93. The molecule has 7 nitrogen and oxygen atoms in total. The van der Waals surface area contributed by atoms with Crippen LogP contribution in [0.25, 0.3) is 11.0 Å². The van der Waals surface area contributed by atoms with E-state index in [9.17, 15) is 4.79 Å². The van der Waals surface area contributed by atoms with Crippen molar-refractivity contribution in [1.29, 1.82) is 0 Å². The Balaban J connectivity index is 1.49. The van der Waals surface area contributed by atoms with E-state index in [-0.39, 0.29) is 11.8 Å². The quantitative estimate of drug-likeness (QED) is 0.772. The predicted octanol–water partition coefficient (Wildman–Crippen LogP) is 2.21. The number of nitrogens with zero attached hydrogens (tertiary/aromatic N) is 4. The van der Waals surface area contributed by atoms with Crippen molar-refractivity contribution in [2.24, 2.45) is 5.92 Å². The molecule has 0 saturated carbocycles. The first kappa shape index (κ1) is 14.6. The smallest absolute Gasteiger partial charge is 0.229 e. The van der Waals surface area contributed by atoms with Crippen molar-refractivity contribution < 1.29 is 4.79 Å². The maximum Gasteiger partial charge on any atom is 0.229 e. The van der Waals surface area contributed by atoms with Gasteiger partial charge in [0.2, 0.25) is 11.9 Å². The Bertz CT molecular complexity index is 846. The van der Waals surface area contributed by atoms with Crippen LogP contribution in [0.15, 0.2) is 43.0 Å². The first-order chi connectivity index (χ1) is 11.8. The fourth-order valence-electron chi connectivity index (χ4n) is 3.13. The Morgan fingerprint density at radius 3 is 2.96 bits per heavy atom. The molecule has 0 aliphatic carbocycles. The molecule has 1 aromatic carbocycles. The molecule has 1 amide bonds. The summed E-state index contributed by atoms with van der Waals surface area (Å²) >= 11 is 0. The fraction of sp³-hybridized carbons (Fsp3) is 0.294. The Morgan fingerprint density at radius 2 is 2.08 bits per heavy atom. The lowest BCUT2D eigenvalue weighted by Crippen LogP contribution is -2.41. The number of imidazole rings is 1. The maximum atomic E-state index is 12.7. The number of H-pyrrole nitrogens is 1. The Morgan fingerprint density at radius 1 is 1.21 bits per heavy atom. The lowest BCUT2D eigenvalue weighted by atomic mass is 9.97. The second-order valence-corrected chi connectivity index (χ2v) is 5.93. The first-order valence-electron chi connectivity index (χ1n) is 8.06. The molecule has 1 aliphatic rings. The van der Waals surface area contributed by atoms with Crippen molar-refractivity contribution in [3.63, 3.8) is 0 Å². The van der Waals surface area contributed by atoms with E-state index in [1.807, 2.05) is 18.2 Å². The minimum atomic E-state index is -0.0863. The van der Waals surface area contributed by atoms with Crippen LogP contribution in [0.3, 0.4) is 0 Å². The third-order valence-corrected chi connectivity index (χ3v) is 4.33. The molecule has 7 heteroatoms. The third kappa shape index (κ3) is 2.80.